The van der Waals surface area contributed by atoms with Crippen LogP contribution in [-0.2, 0) is 0 Å². The summed E-state index contributed by atoms with van der Waals surface area (Å²) in [7, 11) is -0.281. The number of hydrazine groups is 2. The van der Waals surface area contributed by atoms with E-state index in [2.05, 4.69) is 41.6 Å². The van der Waals surface area contributed by atoms with Gasteiger partial charge in [-0.25, -0.2) is 10.4 Å². The molecule has 5 nitrogen and oxygen atoms in total. The second-order valence-corrected chi connectivity index (χ2v) is 7.31. The highest BCUT2D eigenvalue weighted by Crippen LogP contribution is 2.32. The Bertz CT molecular complexity index is 879. The summed E-state index contributed by atoms with van der Waals surface area (Å²) in [6, 6.07) is 20.3. The fourth-order valence-corrected chi connectivity index (χ4v) is 4.10. The van der Waals surface area contributed by atoms with E-state index in [0.29, 0.717) is 0 Å². The number of amidine groups is 1. The second kappa shape index (κ2) is 7.35. The van der Waals surface area contributed by atoms with E-state index in [4.69, 9.17) is 5.10 Å². The zero-order chi connectivity index (χ0) is 16.5. The number of hydrogen-bond donors (Lipinski definition) is 1. The Morgan fingerprint density at radius 3 is 2.16 bits per heavy atom. The molecule has 1 aliphatic heterocycles. The maximum atomic E-state index is 4.80. The van der Waals surface area contributed by atoms with Crippen LogP contribution in [0.15, 0.2) is 71.3 Å². The third kappa shape index (κ3) is 3.30. The number of nitrogens with zero attached hydrogens (tertiary/aromatic N) is 4. The van der Waals surface area contributed by atoms with Gasteiger partial charge in [0, 0.05) is 12.5 Å². The molecule has 0 aliphatic carbocycles. The van der Waals surface area contributed by atoms with E-state index in [1.54, 1.807) is 0 Å². The van der Waals surface area contributed by atoms with Crippen molar-refractivity contribution < 1.29 is 17.0 Å². The minimum atomic E-state index is -0.281. The summed E-state index contributed by atoms with van der Waals surface area (Å²) >= 11 is 0. The molecule has 4 rings (SSSR count). The highest BCUT2D eigenvalue weighted by Gasteiger charge is 2.36. The van der Waals surface area contributed by atoms with Gasteiger partial charge in [-0.15, -0.1) is 10.2 Å². The largest absolute Gasteiger partial charge is 1.00 e. The van der Waals surface area contributed by atoms with Gasteiger partial charge in [-0.3, -0.25) is 0 Å². The Morgan fingerprint density at radius 1 is 0.920 bits per heavy atom. The lowest BCUT2D eigenvalue weighted by atomic mass is 10.2. The van der Waals surface area contributed by atoms with Crippen LogP contribution in [0.4, 0.5) is 5.69 Å². The van der Waals surface area contributed by atoms with Gasteiger partial charge in [-0.2, -0.15) is 0 Å². The second-order valence-electron chi connectivity index (χ2n) is 5.52. The summed E-state index contributed by atoms with van der Waals surface area (Å²) in [5.41, 5.74) is 8.56. The quantitative estimate of drug-likeness (QED) is 0.639. The number of thiazole rings is 1. The fourth-order valence-electron chi connectivity index (χ4n) is 2.50. The lowest BCUT2D eigenvalue weighted by Crippen LogP contribution is -3.00. The third-order valence-corrected chi connectivity index (χ3v) is 5.80. The van der Waals surface area contributed by atoms with Gasteiger partial charge in [0.25, 0.3) is 5.51 Å². The highest BCUT2D eigenvalue weighted by atomic mass is 79.9. The normalized spacial score (nSPS) is 14.7. The van der Waals surface area contributed by atoms with Gasteiger partial charge in [0.15, 0.2) is 10.7 Å². The number of halogens is 1. The van der Waals surface area contributed by atoms with Crippen LogP contribution in [0.5, 0.6) is 0 Å². The van der Waals surface area contributed by atoms with E-state index in [1.165, 1.54) is 4.88 Å². The van der Waals surface area contributed by atoms with Gasteiger partial charge in [-0.1, -0.05) is 48.5 Å². The van der Waals surface area contributed by atoms with Crippen LogP contribution >= 0.6 is 10.7 Å². The Kier molecular flexibility index (Phi) is 5.17. The van der Waals surface area contributed by atoms with Gasteiger partial charge in [0.2, 0.25) is 0 Å². The van der Waals surface area contributed by atoms with Crippen molar-refractivity contribution in [2.24, 2.45) is 5.10 Å². The number of aryl methyl sites for hydroxylation is 1. The summed E-state index contributed by atoms with van der Waals surface area (Å²) in [4.78, 5) is 5.72. The van der Waals surface area contributed by atoms with Crippen molar-refractivity contribution in [2.45, 2.75) is 13.8 Å². The van der Waals surface area contributed by atoms with E-state index >= 15 is 0 Å². The average Bonchev–Trinajstić information content (AvgIpc) is 3.21. The van der Waals surface area contributed by atoms with Crippen molar-refractivity contribution in [3.63, 3.8) is 0 Å². The lowest BCUT2D eigenvalue weighted by Gasteiger charge is -2.18. The molecule has 2 aromatic carbocycles. The third-order valence-electron chi connectivity index (χ3n) is 3.96. The molecule has 7 heteroatoms. The summed E-state index contributed by atoms with van der Waals surface area (Å²) in [6.07, 6.45) is 0. The Labute approximate surface area is 160 Å². The molecule has 1 N–H and O–H groups in total. The molecule has 0 saturated carbocycles. The molecule has 0 spiro atoms. The van der Waals surface area contributed by atoms with Crippen molar-refractivity contribution in [3.05, 3.63) is 82.3 Å². The number of anilines is 1. The molecule has 1 unspecified atom stereocenters. The van der Waals surface area contributed by atoms with E-state index in [9.17, 15) is 0 Å². The number of hydrogen-bond acceptors (Lipinski definition) is 5. The molecule has 3 aromatic rings. The predicted octanol–water partition coefficient (Wildman–Crippen LogP) is 0.691. The first kappa shape index (κ1) is 17.6. The standard InChI is InChI=1S/C18H18N5S.BrH/c1-14-15(2)24(13-19-14)23-21-18(16-9-5-3-6-10-16)20-22(23)17-11-7-4-8-12-17;/h3-13H,1-2H3,(H,20,21);1H/q+1;/p-1. The number of benzene rings is 2. The van der Waals surface area contributed by atoms with Crippen LogP contribution in [0.1, 0.15) is 16.1 Å². The van der Waals surface area contributed by atoms with Gasteiger partial charge < -0.3 is 17.0 Å². The zero-order valence-electron chi connectivity index (χ0n) is 13.9. The van der Waals surface area contributed by atoms with E-state index in [0.717, 1.165) is 22.8 Å². The van der Waals surface area contributed by atoms with Gasteiger partial charge in [-0.05, 0) is 19.1 Å². The minimum Gasteiger partial charge on any atom is -1.00 e. The number of hydrazone groups is 1. The molecule has 0 fully saturated rings. The van der Waals surface area contributed by atoms with Crippen LogP contribution in [0.25, 0.3) is 0 Å². The molecular weight excluding hydrogens is 398 g/mol. The number of nitrogens with one attached hydrogen (secondary N) is 1. The predicted molar refractivity (Wildman–Crippen MR) is 99.4 cm³/mol. The SMILES string of the molecule is Cc1nc[s+](N2NC(c3ccccc3)=NN2c2ccccc2)c1C.[Br-]. The van der Waals surface area contributed by atoms with Gasteiger partial charge in [0.05, 0.1) is 11.4 Å². The van der Waals surface area contributed by atoms with Crippen molar-refractivity contribution in [3.8, 4) is 0 Å². The van der Waals surface area contributed by atoms with Crippen molar-refractivity contribution in [1.82, 2.24) is 10.4 Å². The van der Waals surface area contributed by atoms with Crippen LogP contribution < -0.4 is 32.0 Å². The first-order valence-corrected chi connectivity index (χ1v) is 8.99. The van der Waals surface area contributed by atoms with Crippen molar-refractivity contribution in [1.29, 1.82) is 0 Å². The van der Waals surface area contributed by atoms with Crippen LogP contribution in [0.2, 0.25) is 0 Å². The summed E-state index contributed by atoms with van der Waals surface area (Å²) in [5.74, 6) is 0.831. The van der Waals surface area contributed by atoms with Crippen LogP contribution in [-0.4, -0.2) is 10.8 Å². The molecule has 0 bridgehead atoms. The van der Waals surface area contributed by atoms with E-state index < -0.39 is 0 Å². The average molecular weight is 416 g/mol. The molecule has 1 atom stereocenters. The molecule has 1 aromatic heterocycles. The molecule has 0 saturated heterocycles. The van der Waals surface area contributed by atoms with Crippen molar-refractivity contribution in [2.75, 3.05) is 9.64 Å². The molecular formula is C18H18BrN5S. The Hall–Kier alpha value is -2.22. The molecule has 128 valence electrons. The maximum absolute atomic E-state index is 4.80. The van der Waals surface area contributed by atoms with Crippen LogP contribution in [0.3, 0.4) is 0 Å². The fraction of sp³-hybridized carbons (Fsp3) is 0.111. The van der Waals surface area contributed by atoms with Gasteiger partial charge in [0.1, 0.15) is 15.2 Å². The summed E-state index contributed by atoms with van der Waals surface area (Å²) < 4.78 is 2.05. The molecule has 2 heterocycles. The molecule has 1 aliphatic rings. The number of rotatable bonds is 3. The molecule has 0 radical (unpaired) electrons. The van der Waals surface area contributed by atoms with E-state index in [-0.39, 0.29) is 27.6 Å². The monoisotopic (exact) mass is 415 g/mol. The smallest absolute Gasteiger partial charge is 0.255 e. The Morgan fingerprint density at radius 2 is 1.56 bits per heavy atom. The zero-order valence-corrected chi connectivity index (χ0v) is 16.3. The highest BCUT2D eigenvalue weighted by molar-refractivity contribution is 7.31. The topological polar surface area (TPSA) is 43.8 Å². The van der Waals surface area contributed by atoms with Gasteiger partial charge >= 0.3 is 0 Å². The lowest BCUT2D eigenvalue weighted by molar-refractivity contribution is -0.00000494. The summed E-state index contributed by atoms with van der Waals surface area (Å²) in [6.45, 7) is 4.16. The van der Waals surface area contributed by atoms with E-state index in [1.807, 2.05) is 58.5 Å². The molecule has 0 amide bonds. The molecule has 25 heavy (non-hydrogen) atoms. The minimum absolute atomic E-state index is 0. The Balaban J connectivity index is 0.00000182. The summed E-state index contributed by atoms with van der Waals surface area (Å²) in [5, 5.41) is 6.72. The number of para-hydroxylation sites is 1. The maximum Gasteiger partial charge on any atom is 0.255 e. The van der Waals surface area contributed by atoms with Crippen LogP contribution in [0, 0.1) is 13.8 Å². The number of aromatic nitrogens is 1. The first-order chi connectivity index (χ1) is 11.7. The first-order valence-electron chi connectivity index (χ1n) is 7.75. The van der Waals surface area contributed by atoms with Crippen molar-refractivity contribution >= 4 is 22.2 Å².